The molecule has 0 atom stereocenters. The summed E-state index contributed by atoms with van der Waals surface area (Å²) in [5, 5.41) is 1.36. The van der Waals surface area contributed by atoms with E-state index >= 15 is 0 Å². The molecular weight excluding hydrogens is 252 g/mol. The van der Waals surface area contributed by atoms with Crippen LogP contribution in [0, 0.1) is 0 Å². The fourth-order valence-corrected chi connectivity index (χ4v) is 3.20. The fraction of sp³-hybridized carbons (Fsp3) is 0.938. The first-order valence-corrected chi connectivity index (χ1v) is 9.15. The van der Waals surface area contributed by atoms with Gasteiger partial charge in [0.1, 0.15) is 0 Å². The number of rotatable bonds is 10. The van der Waals surface area contributed by atoms with Crippen LogP contribution in [0.1, 0.15) is 64.7 Å². The average molecular weight is 288 g/mol. The SMILES string of the molecule is CCCCCCCCCCCN(C)C(SC)=[N+](C)C. The van der Waals surface area contributed by atoms with Crippen molar-refractivity contribution in [1.29, 1.82) is 0 Å². The van der Waals surface area contributed by atoms with E-state index in [1.807, 2.05) is 11.8 Å². The molecule has 0 aromatic heterocycles. The average Bonchev–Trinajstić information content (AvgIpc) is 2.37. The molecule has 0 rings (SSSR count). The van der Waals surface area contributed by atoms with Crippen LogP contribution in [-0.2, 0) is 0 Å². The molecule has 0 aromatic carbocycles. The Morgan fingerprint density at radius 2 is 1.37 bits per heavy atom. The van der Waals surface area contributed by atoms with Crippen LogP contribution in [0.2, 0.25) is 0 Å². The zero-order valence-corrected chi connectivity index (χ0v) is 14.7. The molecule has 0 fully saturated rings. The quantitative estimate of drug-likeness (QED) is 0.254. The van der Waals surface area contributed by atoms with Gasteiger partial charge in [-0.3, -0.25) is 9.48 Å². The van der Waals surface area contributed by atoms with Gasteiger partial charge >= 0.3 is 5.17 Å². The third-order valence-electron chi connectivity index (χ3n) is 3.49. The van der Waals surface area contributed by atoms with Gasteiger partial charge < -0.3 is 0 Å². The lowest BCUT2D eigenvalue weighted by Gasteiger charge is -2.14. The Kier molecular flexibility index (Phi) is 12.7. The Balaban J connectivity index is 3.46. The molecule has 0 unspecified atom stereocenters. The first-order chi connectivity index (χ1) is 9.13. The van der Waals surface area contributed by atoms with Crippen LogP contribution in [-0.4, -0.2) is 48.6 Å². The van der Waals surface area contributed by atoms with E-state index in [1.54, 1.807) is 0 Å². The molecule has 0 aliphatic rings. The Morgan fingerprint density at radius 3 is 1.79 bits per heavy atom. The topological polar surface area (TPSA) is 6.25 Å². The molecule has 0 aliphatic carbocycles. The predicted octanol–water partition coefficient (Wildman–Crippen LogP) is 4.44. The third kappa shape index (κ3) is 10.3. The van der Waals surface area contributed by atoms with Crippen molar-refractivity contribution in [1.82, 2.24) is 4.90 Å². The number of hydrogen-bond donors (Lipinski definition) is 0. The Hall–Kier alpha value is -0.180. The summed E-state index contributed by atoms with van der Waals surface area (Å²) in [6.07, 6.45) is 14.8. The van der Waals surface area contributed by atoms with Gasteiger partial charge in [0, 0.05) is 0 Å². The Labute approximate surface area is 125 Å². The standard InChI is InChI=1S/C16H35N2S/c1-6-7-8-9-10-11-12-13-14-15-18(4)16(19-5)17(2)3/h6-15H2,1-5H3/q+1. The number of unbranched alkanes of at least 4 members (excludes halogenated alkanes) is 8. The summed E-state index contributed by atoms with van der Waals surface area (Å²) >= 11 is 1.83. The summed E-state index contributed by atoms with van der Waals surface area (Å²) in [7, 11) is 6.45. The van der Waals surface area contributed by atoms with Gasteiger partial charge in [-0.05, 0) is 30.9 Å². The van der Waals surface area contributed by atoms with Crippen LogP contribution in [0.3, 0.4) is 0 Å². The molecule has 0 bridgehead atoms. The highest BCUT2D eigenvalue weighted by Crippen LogP contribution is 2.10. The lowest BCUT2D eigenvalue weighted by molar-refractivity contribution is -0.466. The third-order valence-corrected chi connectivity index (χ3v) is 4.53. The Bertz CT molecular complexity index is 235. The van der Waals surface area contributed by atoms with E-state index in [4.69, 9.17) is 0 Å². The predicted molar refractivity (Wildman–Crippen MR) is 90.5 cm³/mol. The van der Waals surface area contributed by atoms with Gasteiger partial charge in [-0.1, -0.05) is 51.9 Å². The van der Waals surface area contributed by atoms with Crippen molar-refractivity contribution in [2.24, 2.45) is 0 Å². The van der Waals surface area contributed by atoms with Gasteiger partial charge in [-0.2, -0.15) is 0 Å². The van der Waals surface area contributed by atoms with Crippen LogP contribution in [0.5, 0.6) is 0 Å². The van der Waals surface area contributed by atoms with Crippen molar-refractivity contribution in [2.75, 3.05) is 33.9 Å². The molecule has 3 heteroatoms. The highest BCUT2D eigenvalue weighted by atomic mass is 32.2. The largest absolute Gasteiger partial charge is 0.307 e. The minimum Gasteiger partial charge on any atom is -0.262 e. The van der Waals surface area contributed by atoms with Crippen molar-refractivity contribution in [3.05, 3.63) is 0 Å². The van der Waals surface area contributed by atoms with E-state index in [9.17, 15) is 0 Å². The lowest BCUT2D eigenvalue weighted by atomic mass is 10.1. The van der Waals surface area contributed by atoms with Crippen molar-refractivity contribution >= 4 is 16.9 Å². The van der Waals surface area contributed by atoms with Gasteiger partial charge in [0.15, 0.2) is 0 Å². The second kappa shape index (κ2) is 12.8. The second-order valence-corrected chi connectivity index (χ2v) is 6.40. The maximum atomic E-state index is 2.38. The van der Waals surface area contributed by atoms with Crippen molar-refractivity contribution in [3.8, 4) is 0 Å². The summed E-state index contributed by atoms with van der Waals surface area (Å²) in [5.41, 5.74) is 0. The molecule has 0 spiro atoms. The molecule has 0 aliphatic heterocycles. The molecule has 0 aromatic rings. The highest BCUT2D eigenvalue weighted by Gasteiger charge is 2.13. The molecule has 0 amide bonds. The Morgan fingerprint density at radius 1 is 0.895 bits per heavy atom. The zero-order valence-electron chi connectivity index (χ0n) is 13.9. The van der Waals surface area contributed by atoms with Crippen molar-refractivity contribution in [3.63, 3.8) is 0 Å². The molecule has 0 saturated heterocycles. The van der Waals surface area contributed by atoms with Crippen LogP contribution >= 0.6 is 11.8 Å². The van der Waals surface area contributed by atoms with Gasteiger partial charge in [-0.15, -0.1) is 0 Å². The number of thioether (sulfide) groups is 1. The van der Waals surface area contributed by atoms with Gasteiger partial charge in [0.05, 0.1) is 27.7 Å². The molecule has 114 valence electrons. The number of hydrogen-bond acceptors (Lipinski definition) is 1. The normalized spacial score (nSPS) is 10.6. The minimum atomic E-state index is 1.18. The maximum Gasteiger partial charge on any atom is 0.307 e. The van der Waals surface area contributed by atoms with Crippen LogP contribution < -0.4 is 0 Å². The monoisotopic (exact) mass is 287 g/mol. The fourth-order valence-electron chi connectivity index (χ4n) is 2.44. The maximum absolute atomic E-state index is 2.38. The van der Waals surface area contributed by atoms with Crippen molar-refractivity contribution in [2.45, 2.75) is 64.7 Å². The molecule has 2 nitrogen and oxygen atoms in total. The molecule has 0 N–H and O–H groups in total. The first-order valence-electron chi connectivity index (χ1n) is 7.92. The van der Waals surface area contributed by atoms with E-state index in [1.165, 1.54) is 69.5 Å². The zero-order chi connectivity index (χ0) is 14.5. The van der Waals surface area contributed by atoms with E-state index in [0.717, 1.165) is 0 Å². The van der Waals surface area contributed by atoms with Gasteiger partial charge in [0.25, 0.3) is 0 Å². The number of nitrogens with zero attached hydrogens (tertiary/aromatic N) is 2. The van der Waals surface area contributed by atoms with E-state index < -0.39 is 0 Å². The highest BCUT2D eigenvalue weighted by molar-refractivity contribution is 8.12. The van der Waals surface area contributed by atoms with Crippen LogP contribution in [0.4, 0.5) is 0 Å². The van der Waals surface area contributed by atoms with Crippen molar-refractivity contribution < 1.29 is 4.58 Å². The van der Waals surface area contributed by atoms with Gasteiger partial charge in [-0.25, -0.2) is 0 Å². The van der Waals surface area contributed by atoms with E-state index in [-0.39, 0.29) is 0 Å². The molecule has 0 heterocycles. The summed E-state index contributed by atoms with van der Waals surface area (Å²) in [4.78, 5) is 2.38. The summed E-state index contributed by atoms with van der Waals surface area (Å²) in [6, 6.07) is 0. The van der Waals surface area contributed by atoms with Crippen LogP contribution in [0.25, 0.3) is 0 Å². The summed E-state index contributed by atoms with van der Waals surface area (Å²) in [5.74, 6) is 0. The van der Waals surface area contributed by atoms with Crippen LogP contribution in [0.15, 0.2) is 0 Å². The molecular formula is C16H35N2S+. The number of amidine groups is 1. The van der Waals surface area contributed by atoms with E-state index in [2.05, 4.69) is 43.8 Å². The summed E-state index contributed by atoms with van der Waals surface area (Å²) in [6.45, 7) is 3.47. The summed E-state index contributed by atoms with van der Waals surface area (Å²) < 4.78 is 2.21. The molecule has 0 saturated carbocycles. The first kappa shape index (κ1) is 18.8. The second-order valence-electron chi connectivity index (χ2n) is 5.63. The van der Waals surface area contributed by atoms with E-state index in [0.29, 0.717) is 0 Å². The molecule has 19 heavy (non-hydrogen) atoms. The lowest BCUT2D eigenvalue weighted by Crippen LogP contribution is -2.31. The van der Waals surface area contributed by atoms with Gasteiger partial charge in [0.2, 0.25) is 0 Å². The smallest absolute Gasteiger partial charge is 0.262 e. The molecule has 0 radical (unpaired) electrons. The minimum absolute atomic E-state index is 1.18.